The van der Waals surface area contributed by atoms with Crippen molar-refractivity contribution in [2.45, 2.75) is 123 Å². The average molecular weight is 489 g/mol. The Morgan fingerprint density at radius 2 is 1.83 bits per heavy atom. The van der Waals surface area contributed by atoms with Crippen LogP contribution in [-0.4, -0.2) is 46.2 Å². The molecule has 0 spiro atoms. The summed E-state index contributed by atoms with van der Waals surface area (Å²) in [6, 6.07) is 0. The fourth-order valence-electron chi connectivity index (χ4n) is 9.68. The number of aliphatic hydroxyl groups is 2. The molecular weight excluding hydrogens is 440 g/mol. The molecule has 0 radical (unpaired) electrons. The summed E-state index contributed by atoms with van der Waals surface area (Å²) in [5, 5.41) is 21.6. The zero-order valence-electron chi connectivity index (χ0n) is 22.9. The van der Waals surface area contributed by atoms with E-state index in [-0.39, 0.29) is 40.5 Å². The van der Waals surface area contributed by atoms with Gasteiger partial charge in [0.15, 0.2) is 0 Å². The first-order valence-electron chi connectivity index (χ1n) is 14.2. The molecule has 0 aromatic carbocycles. The summed E-state index contributed by atoms with van der Waals surface area (Å²) in [6.07, 6.45) is 7.70. The molecule has 1 aliphatic heterocycles. The average Bonchev–Trinajstić information content (AvgIpc) is 3.25. The summed E-state index contributed by atoms with van der Waals surface area (Å²) in [5.41, 5.74) is 0.686. The molecule has 5 heteroatoms. The van der Waals surface area contributed by atoms with Crippen LogP contribution in [0.4, 0.5) is 0 Å². The van der Waals surface area contributed by atoms with E-state index >= 15 is 0 Å². The van der Waals surface area contributed by atoms with Crippen LogP contribution in [0.2, 0.25) is 0 Å². The van der Waals surface area contributed by atoms with Crippen LogP contribution < -0.4 is 0 Å². The van der Waals surface area contributed by atoms with Crippen LogP contribution in [0.25, 0.3) is 0 Å². The summed E-state index contributed by atoms with van der Waals surface area (Å²) in [5.74, 6) is 2.38. The third kappa shape index (κ3) is 3.77. The molecule has 1 saturated heterocycles. The van der Waals surface area contributed by atoms with Crippen molar-refractivity contribution in [2.24, 2.45) is 46.3 Å². The van der Waals surface area contributed by atoms with E-state index in [2.05, 4.69) is 47.6 Å². The highest BCUT2D eigenvalue weighted by Crippen LogP contribution is 2.68. The van der Waals surface area contributed by atoms with E-state index in [1.807, 2.05) is 0 Å². The molecule has 198 valence electrons. The van der Waals surface area contributed by atoms with Gasteiger partial charge < -0.3 is 19.7 Å². The SMILES string of the molecule is CC(=O)OC1CC2C(CC=C3CC(O)CC(O)C32C)C2CCC(C(C)C3CC(C)C(C)(C)O3)C12C. The van der Waals surface area contributed by atoms with E-state index in [4.69, 9.17) is 9.47 Å². The zero-order valence-corrected chi connectivity index (χ0v) is 22.9. The van der Waals surface area contributed by atoms with Crippen molar-refractivity contribution in [3.8, 4) is 0 Å². The number of ether oxygens (including phenoxy) is 2. The van der Waals surface area contributed by atoms with Crippen LogP contribution in [0.1, 0.15) is 93.4 Å². The normalized spacial score (nSPS) is 51.6. The van der Waals surface area contributed by atoms with Crippen molar-refractivity contribution < 1.29 is 24.5 Å². The molecule has 5 nitrogen and oxygen atoms in total. The standard InChI is InChI=1S/C30H48O5/c1-16-12-25(35-28(16,4)5)17(2)22-10-11-23-21-9-8-19-13-20(32)14-26(33)29(19,6)24(21)15-27(30(22,23)7)34-18(3)31/h8,16-17,20-27,32-33H,9-15H2,1-7H3. The van der Waals surface area contributed by atoms with Gasteiger partial charge in [0.25, 0.3) is 0 Å². The van der Waals surface area contributed by atoms with E-state index in [1.165, 1.54) is 5.57 Å². The molecule has 3 saturated carbocycles. The predicted molar refractivity (Wildman–Crippen MR) is 135 cm³/mol. The largest absolute Gasteiger partial charge is 0.462 e. The molecule has 12 unspecified atom stereocenters. The van der Waals surface area contributed by atoms with Crippen LogP contribution in [0.15, 0.2) is 11.6 Å². The summed E-state index contributed by atoms with van der Waals surface area (Å²) in [4.78, 5) is 12.4. The van der Waals surface area contributed by atoms with Gasteiger partial charge in [-0.25, -0.2) is 0 Å². The maximum atomic E-state index is 12.4. The van der Waals surface area contributed by atoms with Gasteiger partial charge in [0.1, 0.15) is 6.10 Å². The lowest BCUT2D eigenvalue weighted by Crippen LogP contribution is -2.60. The summed E-state index contributed by atoms with van der Waals surface area (Å²) < 4.78 is 12.8. The quantitative estimate of drug-likeness (QED) is 0.418. The lowest BCUT2D eigenvalue weighted by molar-refractivity contribution is -0.189. The molecular formula is C30H48O5. The minimum atomic E-state index is -0.556. The molecule has 1 heterocycles. The first kappa shape index (κ1) is 25.7. The molecule has 0 bridgehead atoms. The smallest absolute Gasteiger partial charge is 0.302 e. The number of esters is 1. The Kier molecular flexibility index (Phi) is 6.29. The van der Waals surface area contributed by atoms with E-state index in [1.54, 1.807) is 6.92 Å². The highest BCUT2D eigenvalue weighted by atomic mass is 16.5. The molecule has 35 heavy (non-hydrogen) atoms. The van der Waals surface area contributed by atoms with Gasteiger partial charge in [-0.15, -0.1) is 0 Å². The van der Waals surface area contributed by atoms with E-state index < -0.39 is 12.2 Å². The second-order valence-corrected chi connectivity index (χ2v) is 13.9. The Balaban J connectivity index is 1.49. The summed E-state index contributed by atoms with van der Waals surface area (Å²) in [6.45, 7) is 15.3. The number of hydrogen-bond donors (Lipinski definition) is 2. The van der Waals surface area contributed by atoms with Gasteiger partial charge in [-0.05, 0) is 87.9 Å². The van der Waals surface area contributed by atoms with Crippen molar-refractivity contribution in [3.05, 3.63) is 11.6 Å². The third-order valence-corrected chi connectivity index (χ3v) is 12.1. The lowest BCUT2D eigenvalue weighted by Gasteiger charge is -2.61. The number of allylic oxidation sites excluding steroid dienone is 1. The second kappa shape index (κ2) is 8.56. The molecule has 12 atom stereocenters. The molecule has 0 amide bonds. The molecule has 5 rings (SSSR count). The van der Waals surface area contributed by atoms with Gasteiger partial charge in [-0.3, -0.25) is 4.79 Å². The first-order valence-corrected chi connectivity index (χ1v) is 14.2. The third-order valence-electron chi connectivity index (χ3n) is 12.1. The maximum Gasteiger partial charge on any atom is 0.302 e. The Morgan fingerprint density at radius 1 is 1.11 bits per heavy atom. The van der Waals surface area contributed by atoms with Crippen LogP contribution in [0.5, 0.6) is 0 Å². The Morgan fingerprint density at radius 3 is 2.46 bits per heavy atom. The lowest BCUT2D eigenvalue weighted by atomic mass is 9.45. The maximum absolute atomic E-state index is 12.4. The number of hydrogen-bond acceptors (Lipinski definition) is 5. The van der Waals surface area contributed by atoms with Gasteiger partial charge in [0, 0.05) is 24.2 Å². The Labute approximate surface area is 212 Å². The molecule has 5 aliphatic rings. The van der Waals surface area contributed by atoms with Crippen LogP contribution in [0, 0.1) is 46.3 Å². The van der Waals surface area contributed by atoms with Gasteiger partial charge >= 0.3 is 5.97 Å². The van der Waals surface area contributed by atoms with Gasteiger partial charge in [-0.1, -0.05) is 39.3 Å². The van der Waals surface area contributed by atoms with Gasteiger partial charge in [0.2, 0.25) is 0 Å². The minimum Gasteiger partial charge on any atom is -0.462 e. The van der Waals surface area contributed by atoms with Crippen molar-refractivity contribution in [2.75, 3.05) is 0 Å². The van der Waals surface area contributed by atoms with Gasteiger partial charge in [0.05, 0.1) is 23.9 Å². The molecule has 0 aromatic heterocycles. The number of aliphatic hydroxyl groups excluding tert-OH is 2. The predicted octanol–water partition coefficient (Wildman–Crippen LogP) is 5.28. The van der Waals surface area contributed by atoms with E-state index in [9.17, 15) is 15.0 Å². The van der Waals surface area contributed by atoms with Crippen molar-refractivity contribution >= 4 is 5.97 Å². The van der Waals surface area contributed by atoms with Gasteiger partial charge in [-0.2, -0.15) is 0 Å². The van der Waals surface area contributed by atoms with E-state index in [0.717, 1.165) is 32.1 Å². The van der Waals surface area contributed by atoms with Crippen molar-refractivity contribution in [1.82, 2.24) is 0 Å². The summed E-state index contributed by atoms with van der Waals surface area (Å²) in [7, 11) is 0. The zero-order chi connectivity index (χ0) is 25.5. The monoisotopic (exact) mass is 488 g/mol. The van der Waals surface area contributed by atoms with Crippen molar-refractivity contribution in [1.29, 1.82) is 0 Å². The molecule has 4 aliphatic carbocycles. The highest BCUT2D eigenvalue weighted by Gasteiger charge is 2.66. The molecule has 4 fully saturated rings. The molecule has 0 aromatic rings. The number of carbonyl (C=O) groups excluding carboxylic acids is 1. The fraction of sp³-hybridized carbons (Fsp3) is 0.900. The van der Waals surface area contributed by atoms with Crippen LogP contribution in [0.3, 0.4) is 0 Å². The Bertz CT molecular complexity index is 880. The topological polar surface area (TPSA) is 76.0 Å². The number of rotatable bonds is 3. The fourth-order valence-corrected chi connectivity index (χ4v) is 9.68. The molecule has 2 N–H and O–H groups in total. The number of fused-ring (bicyclic) bond motifs is 5. The van der Waals surface area contributed by atoms with E-state index in [0.29, 0.717) is 42.4 Å². The first-order chi connectivity index (χ1) is 16.3. The van der Waals surface area contributed by atoms with Crippen LogP contribution in [-0.2, 0) is 14.3 Å². The summed E-state index contributed by atoms with van der Waals surface area (Å²) >= 11 is 0. The van der Waals surface area contributed by atoms with Crippen molar-refractivity contribution in [3.63, 3.8) is 0 Å². The number of carbonyl (C=O) groups is 1. The Hall–Kier alpha value is -0.910. The second-order valence-electron chi connectivity index (χ2n) is 13.9. The highest BCUT2D eigenvalue weighted by molar-refractivity contribution is 5.66. The minimum absolute atomic E-state index is 0.0909. The van der Waals surface area contributed by atoms with Crippen LogP contribution >= 0.6 is 0 Å².